The number of carbonyl (C=O) groups is 2. The van der Waals surface area contributed by atoms with Crippen LogP contribution in [0.4, 0.5) is 0 Å². The third-order valence-corrected chi connectivity index (χ3v) is 0.989. The molecule has 0 heterocycles. The van der Waals surface area contributed by atoms with E-state index in [1.807, 2.05) is 0 Å². The van der Waals surface area contributed by atoms with Crippen molar-refractivity contribution in [2.24, 2.45) is 0 Å². The molecular formula is C6H10ClLiO4. The molecule has 0 N–H and O–H groups in total. The standard InChI is InChI=1S/C6H10O4.ClH.Li/c1-9-5(7)3-4-6(8)10-2;;/h3-4H2,1-2H3;1H;/q;;+1/p-1. The molecule has 0 saturated carbocycles. The maximum absolute atomic E-state index is 10.4. The van der Waals surface area contributed by atoms with E-state index in [0.29, 0.717) is 0 Å². The number of hydrogen-bond acceptors (Lipinski definition) is 4. The van der Waals surface area contributed by atoms with E-state index in [1.165, 1.54) is 14.2 Å². The summed E-state index contributed by atoms with van der Waals surface area (Å²) < 4.78 is 8.60. The van der Waals surface area contributed by atoms with Gasteiger partial charge in [0.1, 0.15) is 0 Å². The average molecular weight is 189 g/mol. The van der Waals surface area contributed by atoms with Gasteiger partial charge >= 0.3 is 30.8 Å². The number of hydrogen-bond donors (Lipinski definition) is 0. The van der Waals surface area contributed by atoms with Crippen LogP contribution < -0.4 is 31.3 Å². The summed E-state index contributed by atoms with van der Waals surface area (Å²) >= 11 is 0. The molecular weight excluding hydrogens is 178 g/mol. The van der Waals surface area contributed by atoms with Gasteiger partial charge in [-0.05, 0) is 0 Å². The SMILES string of the molecule is COC(=O)CCC(=O)OC.[Cl-].[Li+]. The quantitative estimate of drug-likeness (QED) is 0.327. The van der Waals surface area contributed by atoms with Gasteiger partial charge in [-0.2, -0.15) is 0 Å². The maximum atomic E-state index is 10.4. The number of rotatable bonds is 3. The first-order valence-corrected chi connectivity index (χ1v) is 2.84. The Bertz CT molecular complexity index is 124. The molecule has 0 bridgehead atoms. The van der Waals surface area contributed by atoms with Gasteiger partial charge in [-0.25, -0.2) is 0 Å². The average Bonchev–Trinajstić information content (AvgIpc) is 1.99. The van der Waals surface area contributed by atoms with Crippen molar-refractivity contribution in [2.75, 3.05) is 14.2 Å². The molecule has 0 rings (SSSR count). The van der Waals surface area contributed by atoms with Crippen LogP contribution in [0.2, 0.25) is 0 Å². The van der Waals surface area contributed by atoms with E-state index >= 15 is 0 Å². The van der Waals surface area contributed by atoms with Crippen LogP contribution in [0.1, 0.15) is 12.8 Å². The van der Waals surface area contributed by atoms with Crippen molar-refractivity contribution >= 4 is 11.9 Å². The van der Waals surface area contributed by atoms with E-state index in [1.54, 1.807) is 0 Å². The van der Waals surface area contributed by atoms with Crippen molar-refractivity contribution in [3.05, 3.63) is 0 Å². The Kier molecular flexibility index (Phi) is 16.1. The second-order valence-corrected chi connectivity index (χ2v) is 1.65. The second-order valence-electron chi connectivity index (χ2n) is 1.65. The third kappa shape index (κ3) is 9.83. The van der Waals surface area contributed by atoms with Crippen molar-refractivity contribution < 1.29 is 50.3 Å². The Hall–Kier alpha value is -0.173. The summed E-state index contributed by atoms with van der Waals surface area (Å²) in [4.78, 5) is 20.8. The maximum Gasteiger partial charge on any atom is 1.00 e. The summed E-state index contributed by atoms with van der Waals surface area (Å²) in [5.41, 5.74) is 0. The van der Waals surface area contributed by atoms with Gasteiger partial charge in [-0.3, -0.25) is 9.59 Å². The summed E-state index contributed by atoms with van der Waals surface area (Å²) in [6.45, 7) is 0. The van der Waals surface area contributed by atoms with Crippen LogP contribution in [0.15, 0.2) is 0 Å². The van der Waals surface area contributed by atoms with Crippen LogP contribution in [0.5, 0.6) is 0 Å². The number of carbonyl (C=O) groups excluding carboxylic acids is 2. The molecule has 12 heavy (non-hydrogen) atoms. The van der Waals surface area contributed by atoms with Crippen LogP contribution in [0.25, 0.3) is 0 Å². The Morgan fingerprint density at radius 3 is 1.42 bits per heavy atom. The molecule has 0 fully saturated rings. The smallest absolute Gasteiger partial charge is 1.00 e. The minimum absolute atomic E-state index is 0. The Morgan fingerprint density at radius 1 is 1.00 bits per heavy atom. The van der Waals surface area contributed by atoms with Crippen LogP contribution in [-0.2, 0) is 19.1 Å². The van der Waals surface area contributed by atoms with Crippen LogP contribution >= 0.6 is 0 Å². The second kappa shape index (κ2) is 10.8. The van der Waals surface area contributed by atoms with E-state index in [4.69, 9.17) is 0 Å². The van der Waals surface area contributed by atoms with Crippen LogP contribution in [-0.4, -0.2) is 26.2 Å². The summed E-state index contributed by atoms with van der Waals surface area (Å²) in [5, 5.41) is 0. The zero-order valence-corrected chi connectivity index (χ0v) is 8.18. The summed E-state index contributed by atoms with van der Waals surface area (Å²) in [6.07, 6.45) is 0.173. The van der Waals surface area contributed by atoms with Crippen molar-refractivity contribution in [2.45, 2.75) is 12.8 Å². The largest absolute Gasteiger partial charge is 1.00 e. The topological polar surface area (TPSA) is 52.6 Å². The van der Waals surface area contributed by atoms with Crippen molar-refractivity contribution in [1.29, 1.82) is 0 Å². The van der Waals surface area contributed by atoms with E-state index in [2.05, 4.69) is 9.47 Å². The molecule has 0 saturated heterocycles. The van der Waals surface area contributed by atoms with Gasteiger partial charge in [-0.15, -0.1) is 0 Å². The van der Waals surface area contributed by atoms with E-state index in [9.17, 15) is 9.59 Å². The van der Waals surface area contributed by atoms with Crippen molar-refractivity contribution in [3.8, 4) is 0 Å². The first kappa shape index (κ1) is 17.8. The van der Waals surface area contributed by atoms with Gasteiger partial charge in [0.2, 0.25) is 0 Å². The molecule has 66 valence electrons. The first-order valence-electron chi connectivity index (χ1n) is 2.84. The van der Waals surface area contributed by atoms with Crippen molar-refractivity contribution in [3.63, 3.8) is 0 Å². The molecule has 0 aromatic rings. The fourth-order valence-corrected chi connectivity index (χ4v) is 0.408. The number of ether oxygens (including phenoxy) is 2. The monoisotopic (exact) mass is 188 g/mol. The fourth-order valence-electron chi connectivity index (χ4n) is 0.408. The summed E-state index contributed by atoms with van der Waals surface area (Å²) in [6, 6.07) is 0. The molecule has 0 aliphatic carbocycles. The normalized spacial score (nSPS) is 7.17. The van der Waals surface area contributed by atoms with E-state index in [0.717, 1.165) is 0 Å². The molecule has 0 aliphatic rings. The Morgan fingerprint density at radius 2 is 1.25 bits per heavy atom. The fraction of sp³-hybridized carbons (Fsp3) is 0.667. The van der Waals surface area contributed by atoms with Gasteiger partial charge in [0.25, 0.3) is 0 Å². The van der Waals surface area contributed by atoms with Gasteiger partial charge in [0, 0.05) is 0 Å². The van der Waals surface area contributed by atoms with Crippen LogP contribution in [0.3, 0.4) is 0 Å². The van der Waals surface area contributed by atoms with Gasteiger partial charge in [-0.1, -0.05) is 0 Å². The van der Waals surface area contributed by atoms with Crippen LogP contribution in [0, 0.1) is 0 Å². The minimum Gasteiger partial charge on any atom is -1.00 e. The summed E-state index contributed by atoms with van der Waals surface area (Å²) in [7, 11) is 2.55. The number of esters is 2. The predicted molar refractivity (Wildman–Crippen MR) is 33.3 cm³/mol. The molecule has 0 aliphatic heterocycles. The van der Waals surface area contributed by atoms with Crippen molar-refractivity contribution in [1.82, 2.24) is 0 Å². The molecule has 6 heteroatoms. The Balaban J connectivity index is -0.000000405. The summed E-state index contributed by atoms with van der Waals surface area (Å²) in [5.74, 6) is -0.796. The molecule has 0 spiro atoms. The molecule has 0 aromatic heterocycles. The minimum atomic E-state index is -0.398. The Labute approximate surface area is 89.6 Å². The molecule has 0 atom stereocenters. The van der Waals surface area contributed by atoms with E-state index in [-0.39, 0.29) is 44.1 Å². The predicted octanol–water partition coefficient (Wildman–Crippen LogP) is -5.88. The zero-order valence-electron chi connectivity index (χ0n) is 7.43. The first-order chi connectivity index (χ1) is 4.70. The van der Waals surface area contributed by atoms with E-state index < -0.39 is 11.9 Å². The number of methoxy groups -OCH3 is 2. The van der Waals surface area contributed by atoms with Gasteiger partial charge < -0.3 is 21.9 Å². The molecule has 0 aromatic carbocycles. The number of halogens is 1. The molecule has 0 amide bonds. The molecule has 0 radical (unpaired) electrons. The zero-order chi connectivity index (χ0) is 7.98. The molecule has 4 nitrogen and oxygen atoms in total. The molecule has 0 unspecified atom stereocenters. The van der Waals surface area contributed by atoms with Gasteiger partial charge in [0.15, 0.2) is 0 Å². The van der Waals surface area contributed by atoms with Gasteiger partial charge in [0.05, 0.1) is 27.1 Å². The third-order valence-electron chi connectivity index (χ3n) is 0.989.